The van der Waals surface area contributed by atoms with E-state index in [9.17, 15) is 4.79 Å². The summed E-state index contributed by atoms with van der Waals surface area (Å²) in [5.74, 6) is 0.123. The molecule has 0 saturated carbocycles. The Labute approximate surface area is 116 Å². The SMILES string of the molecule is COc1ccc(Cc2nc(C)c(C(=O)O)c(C)n2)cn1. The highest BCUT2D eigenvalue weighted by molar-refractivity contribution is 5.89. The second-order valence-electron chi connectivity index (χ2n) is 4.38. The maximum atomic E-state index is 11.1. The molecule has 2 aromatic heterocycles. The monoisotopic (exact) mass is 273 g/mol. The average molecular weight is 273 g/mol. The van der Waals surface area contributed by atoms with Crippen LogP contribution in [0.3, 0.4) is 0 Å². The standard InChI is InChI=1S/C14H15N3O3/c1-8-13(14(18)19)9(2)17-11(16-8)6-10-4-5-12(20-3)15-7-10/h4-5,7H,6H2,1-3H3,(H,18,19). The Bertz CT molecular complexity index is 616. The van der Waals surface area contributed by atoms with Gasteiger partial charge >= 0.3 is 5.97 Å². The molecule has 2 aromatic rings. The predicted molar refractivity (Wildman–Crippen MR) is 72.1 cm³/mol. The third kappa shape index (κ3) is 2.90. The number of pyridine rings is 1. The van der Waals surface area contributed by atoms with Gasteiger partial charge in [-0.25, -0.2) is 19.7 Å². The molecular formula is C14H15N3O3. The van der Waals surface area contributed by atoms with Crippen LogP contribution in [0, 0.1) is 13.8 Å². The molecule has 0 atom stereocenters. The zero-order chi connectivity index (χ0) is 14.7. The van der Waals surface area contributed by atoms with Gasteiger partial charge in [-0.05, 0) is 19.4 Å². The summed E-state index contributed by atoms with van der Waals surface area (Å²) in [6.45, 7) is 3.35. The molecule has 0 radical (unpaired) electrons. The molecule has 2 heterocycles. The van der Waals surface area contributed by atoms with Crippen molar-refractivity contribution in [2.45, 2.75) is 20.3 Å². The normalized spacial score (nSPS) is 10.3. The Morgan fingerprint density at radius 3 is 2.35 bits per heavy atom. The molecule has 0 unspecified atom stereocenters. The summed E-state index contributed by atoms with van der Waals surface area (Å²) in [7, 11) is 1.56. The highest BCUT2D eigenvalue weighted by Crippen LogP contribution is 2.14. The molecule has 0 aliphatic heterocycles. The number of methoxy groups -OCH3 is 1. The third-order valence-corrected chi connectivity index (χ3v) is 2.90. The first-order chi connectivity index (χ1) is 9.51. The second-order valence-corrected chi connectivity index (χ2v) is 4.38. The number of carboxylic acids is 1. The first-order valence-corrected chi connectivity index (χ1v) is 6.07. The van der Waals surface area contributed by atoms with Crippen LogP contribution in [0.5, 0.6) is 5.88 Å². The Hall–Kier alpha value is -2.50. The van der Waals surface area contributed by atoms with Gasteiger partial charge in [0.15, 0.2) is 0 Å². The van der Waals surface area contributed by atoms with Crippen molar-refractivity contribution in [3.8, 4) is 5.88 Å². The molecule has 104 valence electrons. The topological polar surface area (TPSA) is 85.2 Å². The molecule has 6 nitrogen and oxygen atoms in total. The van der Waals surface area contributed by atoms with E-state index in [2.05, 4.69) is 15.0 Å². The van der Waals surface area contributed by atoms with Gasteiger partial charge in [-0.1, -0.05) is 6.07 Å². The first kappa shape index (κ1) is 13.9. The molecule has 0 fully saturated rings. The van der Waals surface area contributed by atoms with Crippen LogP contribution in [-0.4, -0.2) is 33.1 Å². The van der Waals surface area contributed by atoms with Gasteiger partial charge in [0.25, 0.3) is 0 Å². The van der Waals surface area contributed by atoms with Gasteiger partial charge < -0.3 is 9.84 Å². The molecule has 20 heavy (non-hydrogen) atoms. The summed E-state index contributed by atoms with van der Waals surface area (Å²) in [5, 5.41) is 9.08. The fourth-order valence-corrected chi connectivity index (χ4v) is 1.99. The van der Waals surface area contributed by atoms with E-state index in [0.29, 0.717) is 29.5 Å². The van der Waals surface area contributed by atoms with E-state index >= 15 is 0 Å². The van der Waals surface area contributed by atoms with E-state index in [1.165, 1.54) is 0 Å². The molecule has 1 N–H and O–H groups in total. The van der Waals surface area contributed by atoms with Gasteiger partial charge in [-0.2, -0.15) is 0 Å². The summed E-state index contributed by atoms with van der Waals surface area (Å²) in [6, 6.07) is 3.64. The highest BCUT2D eigenvalue weighted by Gasteiger charge is 2.14. The number of hydrogen-bond donors (Lipinski definition) is 1. The van der Waals surface area contributed by atoms with Crippen LogP contribution in [0.25, 0.3) is 0 Å². The Morgan fingerprint density at radius 2 is 1.90 bits per heavy atom. The van der Waals surface area contributed by atoms with Crippen LogP contribution < -0.4 is 4.74 Å². The summed E-state index contributed by atoms with van der Waals surface area (Å²) >= 11 is 0. The molecule has 0 aliphatic rings. The molecule has 0 amide bonds. The summed E-state index contributed by atoms with van der Waals surface area (Å²) in [4.78, 5) is 23.7. The number of rotatable bonds is 4. The van der Waals surface area contributed by atoms with E-state index in [1.807, 2.05) is 6.07 Å². The molecule has 2 rings (SSSR count). The van der Waals surface area contributed by atoms with Crippen LogP contribution in [0.15, 0.2) is 18.3 Å². The summed E-state index contributed by atoms with van der Waals surface area (Å²) in [6.07, 6.45) is 2.19. The van der Waals surface area contributed by atoms with Gasteiger partial charge in [-0.3, -0.25) is 0 Å². The maximum absolute atomic E-state index is 11.1. The van der Waals surface area contributed by atoms with Crippen LogP contribution in [0.2, 0.25) is 0 Å². The van der Waals surface area contributed by atoms with E-state index in [4.69, 9.17) is 9.84 Å². The zero-order valence-corrected chi connectivity index (χ0v) is 11.5. The van der Waals surface area contributed by atoms with E-state index in [0.717, 1.165) is 5.56 Å². The fraction of sp³-hybridized carbons (Fsp3) is 0.286. The number of nitrogens with zero attached hydrogens (tertiary/aromatic N) is 3. The van der Waals surface area contributed by atoms with Gasteiger partial charge in [0.05, 0.1) is 18.5 Å². The van der Waals surface area contributed by atoms with Crippen LogP contribution >= 0.6 is 0 Å². The number of hydrogen-bond acceptors (Lipinski definition) is 5. The Kier molecular flexibility index (Phi) is 3.93. The zero-order valence-electron chi connectivity index (χ0n) is 11.5. The fourth-order valence-electron chi connectivity index (χ4n) is 1.99. The maximum Gasteiger partial charge on any atom is 0.339 e. The molecule has 0 saturated heterocycles. The smallest absolute Gasteiger partial charge is 0.339 e. The van der Waals surface area contributed by atoms with Crippen molar-refractivity contribution >= 4 is 5.97 Å². The van der Waals surface area contributed by atoms with Gasteiger partial charge in [0, 0.05) is 18.7 Å². The lowest BCUT2D eigenvalue weighted by molar-refractivity contribution is 0.0694. The lowest BCUT2D eigenvalue weighted by Gasteiger charge is -2.07. The van der Waals surface area contributed by atoms with Gasteiger partial charge in [0.1, 0.15) is 11.4 Å². The molecule has 0 aromatic carbocycles. The van der Waals surface area contributed by atoms with Crippen molar-refractivity contribution in [1.29, 1.82) is 0 Å². The molecule has 0 spiro atoms. The minimum absolute atomic E-state index is 0.168. The Morgan fingerprint density at radius 1 is 1.25 bits per heavy atom. The van der Waals surface area contributed by atoms with E-state index in [1.54, 1.807) is 33.2 Å². The van der Waals surface area contributed by atoms with E-state index in [-0.39, 0.29) is 5.56 Å². The number of aromatic nitrogens is 3. The predicted octanol–water partition coefficient (Wildman–Crippen LogP) is 1.79. The van der Waals surface area contributed by atoms with Gasteiger partial charge in [-0.15, -0.1) is 0 Å². The molecule has 6 heteroatoms. The number of aromatic carboxylic acids is 1. The average Bonchev–Trinajstić information content (AvgIpc) is 2.38. The minimum atomic E-state index is -1.00. The quantitative estimate of drug-likeness (QED) is 0.914. The van der Waals surface area contributed by atoms with Crippen LogP contribution in [0.1, 0.15) is 33.1 Å². The number of ether oxygens (including phenoxy) is 1. The second kappa shape index (κ2) is 5.64. The van der Waals surface area contributed by atoms with Gasteiger partial charge in [0.2, 0.25) is 5.88 Å². The van der Waals surface area contributed by atoms with Crippen molar-refractivity contribution in [3.05, 3.63) is 46.7 Å². The highest BCUT2D eigenvalue weighted by atomic mass is 16.5. The summed E-state index contributed by atoms with van der Waals surface area (Å²) < 4.78 is 4.99. The van der Waals surface area contributed by atoms with Crippen molar-refractivity contribution in [3.63, 3.8) is 0 Å². The number of aryl methyl sites for hydroxylation is 2. The van der Waals surface area contributed by atoms with Crippen molar-refractivity contribution in [2.24, 2.45) is 0 Å². The Balaban J connectivity index is 2.27. The number of carbonyl (C=O) groups is 1. The number of carboxylic acid groups (broad SMARTS) is 1. The molecule has 0 bridgehead atoms. The summed E-state index contributed by atoms with van der Waals surface area (Å²) in [5.41, 5.74) is 2.05. The minimum Gasteiger partial charge on any atom is -0.481 e. The first-order valence-electron chi connectivity index (χ1n) is 6.07. The largest absolute Gasteiger partial charge is 0.481 e. The molecular weight excluding hydrogens is 258 g/mol. The third-order valence-electron chi connectivity index (χ3n) is 2.90. The van der Waals surface area contributed by atoms with Crippen molar-refractivity contribution in [2.75, 3.05) is 7.11 Å². The molecule has 0 aliphatic carbocycles. The lowest BCUT2D eigenvalue weighted by Crippen LogP contribution is -2.10. The lowest BCUT2D eigenvalue weighted by atomic mass is 10.1. The van der Waals surface area contributed by atoms with Crippen molar-refractivity contribution < 1.29 is 14.6 Å². The van der Waals surface area contributed by atoms with Crippen LogP contribution in [0.4, 0.5) is 0 Å². The van der Waals surface area contributed by atoms with Crippen LogP contribution in [-0.2, 0) is 6.42 Å². The van der Waals surface area contributed by atoms with Crippen molar-refractivity contribution in [1.82, 2.24) is 15.0 Å². The van der Waals surface area contributed by atoms with E-state index < -0.39 is 5.97 Å².